The maximum atomic E-state index is 12.8. The Morgan fingerprint density at radius 1 is 1.25 bits per heavy atom. The Kier molecular flexibility index (Phi) is 4.20. The number of alkyl halides is 3. The predicted octanol–water partition coefficient (Wildman–Crippen LogP) is 1.37. The molecule has 0 aliphatic carbocycles. The number of hydrogen-bond acceptors (Lipinski definition) is 3. The van der Waals surface area contributed by atoms with E-state index in [4.69, 9.17) is 10.5 Å². The molecule has 6 heteroatoms. The van der Waals surface area contributed by atoms with Crippen molar-refractivity contribution in [1.29, 1.82) is 0 Å². The number of hydrogen-bond donors (Lipinski definition) is 1. The highest BCUT2D eigenvalue weighted by Crippen LogP contribution is 2.28. The number of rotatable bonds is 2. The van der Waals surface area contributed by atoms with Crippen molar-refractivity contribution >= 4 is 0 Å². The average molecular weight is 240 g/mol. The van der Waals surface area contributed by atoms with Crippen LogP contribution >= 0.6 is 0 Å². The van der Waals surface area contributed by atoms with Gasteiger partial charge in [0.25, 0.3) is 0 Å². The molecule has 4 atom stereocenters. The molecule has 0 spiro atoms. The first-order valence-corrected chi connectivity index (χ1v) is 5.43. The van der Waals surface area contributed by atoms with E-state index < -0.39 is 18.3 Å². The summed E-state index contributed by atoms with van der Waals surface area (Å²) in [6.07, 6.45) is -4.66. The van der Waals surface area contributed by atoms with E-state index in [2.05, 4.69) is 0 Å². The lowest BCUT2D eigenvalue weighted by atomic mass is 10.1. The lowest BCUT2D eigenvalue weighted by Crippen LogP contribution is -2.60. The SMILES string of the molecule is C[C@@H]1CN([C@H]([C@@H](C)N)C(F)(F)F)C[C@H](C)O1. The maximum absolute atomic E-state index is 12.8. The molecular formula is C10H19F3N2O. The lowest BCUT2D eigenvalue weighted by Gasteiger charge is -2.42. The summed E-state index contributed by atoms with van der Waals surface area (Å²) >= 11 is 0. The zero-order chi connectivity index (χ0) is 12.5. The van der Waals surface area contributed by atoms with Crippen LogP contribution in [0.2, 0.25) is 0 Å². The van der Waals surface area contributed by atoms with Crippen LogP contribution in [0.3, 0.4) is 0 Å². The molecule has 0 unspecified atom stereocenters. The molecule has 1 saturated heterocycles. The normalized spacial score (nSPS) is 32.4. The molecule has 0 radical (unpaired) electrons. The van der Waals surface area contributed by atoms with Crippen molar-refractivity contribution in [2.24, 2.45) is 5.73 Å². The Labute approximate surface area is 93.7 Å². The second kappa shape index (κ2) is 4.89. The fourth-order valence-corrected chi connectivity index (χ4v) is 2.28. The van der Waals surface area contributed by atoms with Gasteiger partial charge in [-0.25, -0.2) is 0 Å². The van der Waals surface area contributed by atoms with Crippen molar-refractivity contribution in [2.45, 2.75) is 51.2 Å². The summed E-state index contributed by atoms with van der Waals surface area (Å²) in [4.78, 5) is 1.38. The number of morpholine rings is 1. The Morgan fingerprint density at radius 2 is 1.69 bits per heavy atom. The molecule has 0 aromatic rings. The van der Waals surface area contributed by atoms with Gasteiger partial charge in [0.15, 0.2) is 0 Å². The Bertz CT molecular complexity index is 223. The molecular weight excluding hydrogens is 221 g/mol. The molecule has 1 fully saturated rings. The summed E-state index contributed by atoms with van der Waals surface area (Å²) < 4.78 is 44.0. The zero-order valence-electron chi connectivity index (χ0n) is 9.79. The minimum atomic E-state index is -4.29. The second-order valence-corrected chi connectivity index (χ2v) is 4.56. The third-order valence-corrected chi connectivity index (χ3v) is 2.67. The molecule has 16 heavy (non-hydrogen) atoms. The molecule has 0 bridgehead atoms. The maximum Gasteiger partial charge on any atom is 0.405 e. The minimum absolute atomic E-state index is 0.188. The third kappa shape index (κ3) is 3.33. The van der Waals surface area contributed by atoms with Crippen LogP contribution in [0.25, 0.3) is 0 Å². The average Bonchev–Trinajstić information content (AvgIpc) is 1.96. The fraction of sp³-hybridized carbons (Fsp3) is 1.00. The molecule has 3 nitrogen and oxygen atoms in total. The van der Waals surface area contributed by atoms with Crippen molar-refractivity contribution in [3.63, 3.8) is 0 Å². The van der Waals surface area contributed by atoms with Gasteiger partial charge >= 0.3 is 6.18 Å². The quantitative estimate of drug-likeness (QED) is 0.792. The number of nitrogens with two attached hydrogens (primary N) is 1. The van der Waals surface area contributed by atoms with E-state index in [1.165, 1.54) is 11.8 Å². The molecule has 0 aromatic carbocycles. The lowest BCUT2D eigenvalue weighted by molar-refractivity contribution is -0.206. The Morgan fingerprint density at radius 3 is 2.00 bits per heavy atom. The second-order valence-electron chi connectivity index (χ2n) is 4.56. The van der Waals surface area contributed by atoms with Gasteiger partial charge in [0, 0.05) is 19.1 Å². The molecule has 2 N–H and O–H groups in total. The van der Waals surface area contributed by atoms with E-state index >= 15 is 0 Å². The zero-order valence-corrected chi connectivity index (χ0v) is 9.79. The summed E-state index contributed by atoms with van der Waals surface area (Å²) in [6, 6.07) is -2.52. The van der Waals surface area contributed by atoms with Crippen LogP contribution in [0.4, 0.5) is 13.2 Å². The number of nitrogens with zero attached hydrogens (tertiary/aromatic N) is 1. The van der Waals surface area contributed by atoms with Crippen molar-refractivity contribution < 1.29 is 17.9 Å². The molecule has 1 aliphatic rings. The number of halogens is 3. The first-order valence-electron chi connectivity index (χ1n) is 5.43. The summed E-state index contributed by atoms with van der Waals surface area (Å²) in [5.41, 5.74) is 5.44. The van der Waals surface area contributed by atoms with Gasteiger partial charge < -0.3 is 10.5 Å². The van der Waals surface area contributed by atoms with Gasteiger partial charge in [0.1, 0.15) is 6.04 Å². The van der Waals surface area contributed by atoms with Crippen LogP contribution in [-0.2, 0) is 4.74 Å². The van der Waals surface area contributed by atoms with Crippen LogP contribution in [0.1, 0.15) is 20.8 Å². The van der Waals surface area contributed by atoms with Crippen LogP contribution in [-0.4, -0.2) is 48.5 Å². The van der Waals surface area contributed by atoms with Crippen LogP contribution in [0.5, 0.6) is 0 Å². The van der Waals surface area contributed by atoms with Gasteiger partial charge in [-0.3, -0.25) is 4.90 Å². The molecule has 0 amide bonds. The largest absolute Gasteiger partial charge is 0.405 e. The van der Waals surface area contributed by atoms with E-state index in [0.717, 1.165) is 0 Å². The van der Waals surface area contributed by atoms with Gasteiger partial charge in [-0.15, -0.1) is 0 Å². The molecule has 0 aromatic heterocycles. The van der Waals surface area contributed by atoms with Gasteiger partial charge in [-0.05, 0) is 20.8 Å². The molecule has 1 rings (SSSR count). The van der Waals surface area contributed by atoms with Crippen LogP contribution < -0.4 is 5.73 Å². The molecule has 0 saturated carbocycles. The van der Waals surface area contributed by atoms with Gasteiger partial charge in [-0.1, -0.05) is 0 Å². The first-order chi connectivity index (χ1) is 7.21. The highest BCUT2D eigenvalue weighted by atomic mass is 19.4. The summed E-state index contributed by atoms with van der Waals surface area (Å²) in [5.74, 6) is 0. The van der Waals surface area contributed by atoms with Crippen molar-refractivity contribution in [1.82, 2.24) is 4.90 Å². The monoisotopic (exact) mass is 240 g/mol. The van der Waals surface area contributed by atoms with Crippen LogP contribution in [0.15, 0.2) is 0 Å². The fourth-order valence-electron chi connectivity index (χ4n) is 2.28. The standard InChI is InChI=1S/C10H19F3N2O/c1-6-4-15(5-7(2)16-6)9(8(3)14)10(11,12)13/h6-9H,4-5,14H2,1-3H3/t6-,7+,8-,9-/m1/s1. The smallest absolute Gasteiger partial charge is 0.373 e. The Balaban J connectivity index is 2.78. The highest BCUT2D eigenvalue weighted by Gasteiger charge is 2.47. The topological polar surface area (TPSA) is 38.5 Å². The first kappa shape index (κ1) is 13.7. The van der Waals surface area contributed by atoms with Gasteiger partial charge in [-0.2, -0.15) is 13.2 Å². The van der Waals surface area contributed by atoms with Crippen molar-refractivity contribution in [3.8, 4) is 0 Å². The van der Waals surface area contributed by atoms with E-state index in [0.29, 0.717) is 0 Å². The van der Waals surface area contributed by atoms with E-state index in [1.54, 1.807) is 13.8 Å². The number of ether oxygens (including phenoxy) is 1. The van der Waals surface area contributed by atoms with E-state index in [-0.39, 0.29) is 25.3 Å². The summed E-state index contributed by atoms with van der Waals surface area (Å²) in [6.45, 7) is 5.49. The summed E-state index contributed by atoms with van der Waals surface area (Å²) in [7, 11) is 0. The Hall–Kier alpha value is -0.330. The third-order valence-electron chi connectivity index (χ3n) is 2.67. The molecule has 1 aliphatic heterocycles. The molecule has 96 valence electrons. The van der Waals surface area contributed by atoms with Gasteiger partial charge in [0.2, 0.25) is 0 Å². The molecule has 1 heterocycles. The minimum Gasteiger partial charge on any atom is -0.373 e. The summed E-state index contributed by atoms with van der Waals surface area (Å²) in [5, 5.41) is 0. The van der Waals surface area contributed by atoms with Crippen molar-refractivity contribution in [2.75, 3.05) is 13.1 Å². The van der Waals surface area contributed by atoms with E-state index in [9.17, 15) is 13.2 Å². The van der Waals surface area contributed by atoms with Crippen molar-refractivity contribution in [3.05, 3.63) is 0 Å². The highest BCUT2D eigenvalue weighted by molar-refractivity contribution is 4.89. The van der Waals surface area contributed by atoms with Crippen LogP contribution in [0, 0.1) is 0 Å². The predicted molar refractivity (Wildman–Crippen MR) is 55.1 cm³/mol. The van der Waals surface area contributed by atoms with Gasteiger partial charge in [0.05, 0.1) is 12.2 Å². The van der Waals surface area contributed by atoms with E-state index in [1.807, 2.05) is 0 Å².